The van der Waals surface area contributed by atoms with Crippen molar-refractivity contribution in [1.82, 2.24) is 35.4 Å². The Hall–Kier alpha value is -2.03. The van der Waals surface area contributed by atoms with Crippen LogP contribution in [0.5, 0.6) is 0 Å². The highest BCUT2D eigenvalue weighted by atomic mass is 16.5. The molecule has 9 heteroatoms. The van der Waals surface area contributed by atoms with Crippen LogP contribution in [0.4, 0.5) is 5.95 Å². The Bertz CT molecular complexity index is 648. The number of tetrazole rings is 1. The fraction of sp³-hybridized carbons (Fsp3) is 0.769. The number of hydrogen-bond donors (Lipinski definition) is 1. The molecular weight excluding hydrogens is 284 g/mol. The van der Waals surface area contributed by atoms with Crippen LogP contribution < -0.4 is 4.90 Å². The van der Waals surface area contributed by atoms with E-state index in [-0.39, 0.29) is 0 Å². The quantitative estimate of drug-likeness (QED) is 0.837. The number of nitrogens with zero attached hydrogens (tertiary/aromatic N) is 7. The van der Waals surface area contributed by atoms with Gasteiger partial charge in [0.15, 0.2) is 11.6 Å². The molecular formula is C13H20N8O. The first-order valence-corrected chi connectivity index (χ1v) is 7.63. The fourth-order valence-corrected chi connectivity index (χ4v) is 3.44. The maximum absolute atomic E-state index is 5.11. The van der Waals surface area contributed by atoms with Crippen molar-refractivity contribution < 1.29 is 4.74 Å². The molecule has 0 amide bonds. The Morgan fingerprint density at radius 2 is 2.18 bits per heavy atom. The number of hydrogen-bond acceptors (Lipinski definition) is 7. The van der Waals surface area contributed by atoms with Gasteiger partial charge in [-0.25, -0.2) is 9.67 Å². The molecule has 0 aromatic carbocycles. The number of H-pyrrole nitrogens is 1. The minimum Gasteiger partial charge on any atom is -0.377 e. The lowest BCUT2D eigenvalue weighted by Gasteiger charge is -2.15. The molecule has 4 rings (SSSR count). The van der Waals surface area contributed by atoms with Gasteiger partial charge in [0, 0.05) is 33.2 Å². The van der Waals surface area contributed by atoms with Crippen LogP contribution in [0, 0.1) is 11.8 Å². The van der Waals surface area contributed by atoms with Crippen molar-refractivity contribution in [2.45, 2.75) is 25.4 Å². The number of aryl methyl sites for hydroxylation is 1. The minimum atomic E-state index is 0.325. The molecule has 0 bridgehead atoms. The number of nitrogens with one attached hydrogen (secondary N) is 1. The van der Waals surface area contributed by atoms with Gasteiger partial charge in [-0.15, -0.1) is 0 Å². The highest BCUT2D eigenvalue weighted by Gasteiger charge is 2.45. The normalized spacial score (nSPS) is 25.1. The molecule has 0 unspecified atom stereocenters. The average Bonchev–Trinajstić information content (AvgIpc) is 2.91. The van der Waals surface area contributed by atoms with Gasteiger partial charge in [0.2, 0.25) is 5.95 Å². The Kier molecular flexibility index (Phi) is 3.29. The van der Waals surface area contributed by atoms with Gasteiger partial charge in [-0.05, 0) is 35.1 Å². The van der Waals surface area contributed by atoms with Crippen LogP contribution in [0.25, 0.3) is 0 Å². The van der Waals surface area contributed by atoms with Crippen molar-refractivity contribution in [1.29, 1.82) is 0 Å². The molecule has 2 fully saturated rings. The van der Waals surface area contributed by atoms with Crippen molar-refractivity contribution in [2.75, 3.05) is 25.1 Å². The summed E-state index contributed by atoms with van der Waals surface area (Å²) in [5, 5.41) is 19.2. The standard InChI is InChI=1S/C13H20N8O/c1-20-13(17-18-19-20)21-5-9(8-3-4-8)10(6-21)12-14-11(7-22-2)15-16-12/h8-10H,3-7H2,1-2H3,(H,14,15,16)/t9-,10+/m1/s1. The molecule has 2 aliphatic rings. The summed E-state index contributed by atoms with van der Waals surface area (Å²) in [6.07, 6.45) is 2.61. The van der Waals surface area contributed by atoms with Crippen LogP contribution in [-0.2, 0) is 18.4 Å². The van der Waals surface area contributed by atoms with Gasteiger partial charge in [0.1, 0.15) is 6.61 Å². The molecule has 9 nitrogen and oxygen atoms in total. The topological polar surface area (TPSA) is 97.6 Å². The zero-order valence-electron chi connectivity index (χ0n) is 12.8. The second-order valence-corrected chi connectivity index (χ2v) is 6.19. The first-order valence-electron chi connectivity index (χ1n) is 7.63. The lowest BCUT2D eigenvalue weighted by atomic mass is 9.91. The predicted octanol–water partition coefficient (Wildman–Crippen LogP) is 0.105. The summed E-state index contributed by atoms with van der Waals surface area (Å²) in [6, 6.07) is 0. The van der Waals surface area contributed by atoms with Crippen LogP contribution in [-0.4, -0.2) is 55.6 Å². The van der Waals surface area contributed by atoms with Crippen LogP contribution >= 0.6 is 0 Å². The van der Waals surface area contributed by atoms with Crippen LogP contribution in [0.3, 0.4) is 0 Å². The fourth-order valence-electron chi connectivity index (χ4n) is 3.44. The molecule has 1 aliphatic carbocycles. The number of methoxy groups -OCH3 is 1. The molecule has 2 aromatic heterocycles. The van der Waals surface area contributed by atoms with Crippen molar-refractivity contribution in [3.05, 3.63) is 11.6 Å². The van der Waals surface area contributed by atoms with E-state index < -0.39 is 0 Å². The molecule has 1 N–H and O–H groups in total. The molecule has 1 saturated heterocycles. The Morgan fingerprint density at radius 1 is 1.32 bits per heavy atom. The number of anilines is 1. The molecule has 0 spiro atoms. The summed E-state index contributed by atoms with van der Waals surface area (Å²) in [7, 11) is 3.53. The molecule has 1 aliphatic heterocycles. The number of rotatable bonds is 5. The van der Waals surface area contributed by atoms with Gasteiger partial charge in [0.25, 0.3) is 0 Å². The lowest BCUT2D eigenvalue weighted by Crippen LogP contribution is -2.23. The maximum atomic E-state index is 5.11. The Morgan fingerprint density at radius 3 is 2.86 bits per heavy atom. The van der Waals surface area contributed by atoms with Crippen LogP contribution in [0.15, 0.2) is 0 Å². The Labute approximate surface area is 128 Å². The van der Waals surface area contributed by atoms with E-state index in [9.17, 15) is 0 Å². The van der Waals surface area contributed by atoms with E-state index in [2.05, 4.69) is 35.6 Å². The molecule has 2 aromatic rings. The third-order valence-electron chi connectivity index (χ3n) is 4.63. The summed E-state index contributed by atoms with van der Waals surface area (Å²) in [4.78, 5) is 6.85. The largest absolute Gasteiger partial charge is 0.377 e. The molecule has 1 saturated carbocycles. The van der Waals surface area contributed by atoms with E-state index in [1.165, 1.54) is 12.8 Å². The van der Waals surface area contributed by atoms with E-state index in [1.54, 1.807) is 11.8 Å². The van der Waals surface area contributed by atoms with E-state index in [1.807, 2.05) is 7.05 Å². The molecule has 2 atom stereocenters. The minimum absolute atomic E-state index is 0.325. The summed E-state index contributed by atoms with van der Waals surface area (Å²) in [6.45, 7) is 2.29. The second kappa shape index (κ2) is 5.31. The lowest BCUT2D eigenvalue weighted by molar-refractivity contribution is 0.178. The van der Waals surface area contributed by atoms with Crippen LogP contribution in [0.1, 0.15) is 30.4 Å². The van der Waals surface area contributed by atoms with E-state index >= 15 is 0 Å². The first kappa shape index (κ1) is 13.6. The van der Waals surface area contributed by atoms with E-state index in [0.717, 1.165) is 36.6 Å². The van der Waals surface area contributed by atoms with E-state index in [4.69, 9.17) is 4.74 Å². The maximum Gasteiger partial charge on any atom is 0.245 e. The molecule has 3 heterocycles. The highest BCUT2D eigenvalue weighted by Crippen LogP contribution is 2.47. The van der Waals surface area contributed by atoms with Crippen LogP contribution in [0.2, 0.25) is 0 Å². The smallest absolute Gasteiger partial charge is 0.245 e. The number of ether oxygens (including phenoxy) is 1. The molecule has 22 heavy (non-hydrogen) atoms. The van der Waals surface area contributed by atoms with Gasteiger partial charge in [-0.2, -0.15) is 5.10 Å². The summed E-state index contributed by atoms with van der Waals surface area (Å²) in [5.74, 6) is 4.17. The number of aromatic nitrogens is 7. The zero-order valence-corrected chi connectivity index (χ0v) is 12.8. The van der Waals surface area contributed by atoms with Crippen molar-refractivity contribution >= 4 is 5.95 Å². The third-order valence-corrected chi connectivity index (χ3v) is 4.63. The van der Waals surface area contributed by atoms with Gasteiger partial charge in [-0.3, -0.25) is 5.10 Å². The summed E-state index contributed by atoms with van der Waals surface area (Å²) >= 11 is 0. The van der Waals surface area contributed by atoms with Crippen molar-refractivity contribution in [3.8, 4) is 0 Å². The molecule has 0 radical (unpaired) electrons. The van der Waals surface area contributed by atoms with Gasteiger partial charge >= 0.3 is 0 Å². The summed E-state index contributed by atoms with van der Waals surface area (Å²) in [5.41, 5.74) is 0. The average molecular weight is 304 g/mol. The Balaban J connectivity index is 1.58. The van der Waals surface area contributed by atoms with Gasteiger partial charge in [0.05, 0.1) is 0 Å². The SMILES string of the molecule is COCc1nc([C@H]2CN(c3nnnn3C)C[C@@H]2C2CC2)n[nH]1. The predicted molar refractivity (Wildman–Crippen MR) is 77.1 cm³/mol. The van der Waals surface area contributed by atoms with Gasteiger partial charge < -0.3 is 9.64 Å². The highest BCUT2D eigenvalue weighted by molar-refractivity contribution is 5.33. The summed E-state index contributed by atoms with van der Waals surface area (Å²) < 4.78 is 6.84. The zero-order chi connectivity index (χ0) is 15.1. The van der Waals surface area contributed by atoms with Crippen molar-refractivity contribution in [3.63, 3.8) is 0 Å². The monoisotopic (exact) mass is 304 g/mol. The van der Waals surface area contributed by atoms with Crippen molar-refractivity contribution in [2.24, 2.45) is 18.9 Å². The number of aromatic amines is 1. The van der Waals surface area contributed by atoms with Gasteiger partial charge in [-0.1, -0.05) is 5.10 Å². The van der Waals surface area contributed by atoms with E-state index in [0.29, 0.717) is 18.4 Å². The second-order valence-electron chi connectivity index (χ2n) is 6.19. The molecule has 118 valence electrons. The third kappa shape index (κ3) is 2.35. The first-order chi connectivity index (χ1) is 10.8.